The molecule has 19 heavy (non-hydrogen) atoms. The maximum atomic E-state index is 13.8. The van der Waals surface area contributed by atoms with Crippen molar-refractivity contribution in [2.75, 3.05) is 11.9 Å². The SMILES string of the molecule is CN(c1cc(Br)ccc1F)c1c(F)ccc(O)c1F. The predicted octanol–water partition coefficient (Wildman–Crippen LogP) is 4.34. The van der Waals surface area contributed by atoms with Crippen LogP contribution in [-0.4, -0.2) is 12.2 Å². The topological polar surface area (TPSA) is 23.5 Å². The van der Waals surface area contributed by atoms with Gasteiger partial charge in [0.25, 0.3) is 0 Å². The van der Waals surface area contributed by atoms with Gasteiger partial charge in [0.15, 0.2) is 11.6 Å². The summed E-state index contributed by atoms with van der Waals surface area (Å²) in [6.07, 6.45) is 0. The van der Waals surface area contributed by atoms with Gasteiger partial charge in [0.1, 0.15) is 17.3 Å². The van der Waals surface area contributed by atoms with Crippen molar-refractivity contribution in [3.05, 3.63) is 52.3 Å². The third-order valence-corrected chi connectivity index (χ3v) is 3.14. The molecule has 0 aliphatic heterocycles. The Morgan fingerprint density at radius 3 is 2.37 bits per heavy atom. The van der Waals surface area contributed by atoms with Crippen molar-refractivity contribution in [3.63, 3.8) is 0 Å². The fourth-order valence-electron chi connectivity index (χ4n) is 1.70. The zero-order valence-electron chi connectivity index (χ0n) is 9.79. The zero-order chi connectivity index (χ0) is 14.2. The number of rotatable bonds is 2. The quantitative estimate of drug-likeness (QED) is 0.884. The number of phenols is 1. The summed E-state index contributed by atoms with van der Waals surface area (Å²) >= 11 is 3.16. The molecule has 100 valence electrons. The van der Waals surface area contributed by atoms with Gasteiger partial charge in [0.05, 0.1) is 5.69 Å². The highest BCUT2D eigenvalue weighted by Gasteiger charge is 2.20. The number of anilines is 2. The molecule has 1 N–H and O–H groups in total. The number of benzene rings is 2. The van der Waals surface area contributed by atoms with Gasteiger partial charge in [0.2, 0.25) is 0 Å². The van der Waals surface area contributed by atoms with Gasteiger partial charge >= 0.3 is 0 Å². The summed E-state index contributed by atoms with van der Waals surface area (Å²) in [6.45, 7) is 0. The second-order valence-corrected chi connectivity index (χ2v) is 4.80. The first kappa shape index (κ1) is 13.7. The maximum absolute atomic E-state index is 13.8. The van der Waals surface area contributed by atoms with Crippen LogP contribution >= 0.6 is 15.9 Å². The lowest BCUT2D eigenvalue weighted by molar-refractivity contribution is 0.428. The molecule has 6 heteroatoms. The van der Waals surface area contributed by atoms with Crippen LogP contribution in [0.1, 0.15) is 0 Å². The fraction of sp³-hybridized carbons (Fsp3) is 0.0769. The molecule has 2 aromatic carbocycles. The average molecular weight is 332 g/mol. The molecular formula is C13H9BrF3NO. The highest BCUT2D eigenvalue weighted by Crippen LogP contribution is 2.35. The molecule has 2 rings (SSSR count). The first-order chi connectivity index (χ1) is 8.91. The van der Waals surface area contributed by atoms with Gasteiger partial charge in [-0.2, -0.15) is 0 Å². The molecular weight excluding hydrogens is 323 g/mol. The molecule has 0 saturated heterocycles. The van der Waals surface area contributed by atoms with E-state index in [-0.39, 0.29) is 5.69 Å². The Labute approximate surface area is 116 Å². The van der Waals surface area contributed by atoms with E-state index in [0.717, 1.165) is 17.0 Å². The normalized spacial score (nSPS) is 10.6. The van der Waals surface area contributed by atoms with Crippen LogP contribution in [0, 0.1) is 17.5 Å². The van der Waals surface area contributed by atoms with Gasteiger partial charge in [-0.1, -0.05) is 15.9 Å². The minimum atomic E-state index is -1.14. The number of hydrogen-bond donors (Lipinski definition) is 1. The molecule has 0 unspecified atom stereocenters. The molecule has 0 heterocycles. The van der Waals surface area contributed by atoms with Crippen molar-refractivity contribution in [3.8, 4) is 5.75 Å². The Morgan fingerprint density at radius 2 is 1.68 bits per heavy atom. The largest absolute Gasteiger partial charge is 0.505 e. The molecule has 0 aliphatic carbocycles. The minimum Gasteiger partial charge on any atom is -0.505 e. The molecule has 0 atom stereocenters. The Morgan fingerprint density at radius 1 is 1.05 bits per heavy atom. The Kier molecular flexibility index (Phi) is 3.71. The van der Waals surface area contributed by atoms with Gasteiger partial charge in [-0.05, 0) is 30.3 Å². The van der Waals surface area contributed by atoms with Crippen molar-refractivity contribution in [2.24, 2.45) is 0 Å². The zero-order valence-corrected chi connectivity index (χ0v) is 11.4. The second kappa shape index (κ2) is 5.13. The number of nitrogens with zero attached hydrogens (tertiary/aromatic N) is 1. The molecule has 0 radical (unpaired) electrons. The van der Waals surface area contributed by atoms with E-state index < -0.39 is 28.9 Å². The molecule has 0 spiro atoms. The minimum absolute atomic E-state index is 0.0159. The van der Waals surface area contributed by atoms with Crippen LogP contribution < -0.4 is 4.90 Å². The monoisotopic (exact) mass is 331 g/mol. The van der Waals surface area contributed by atoms with Gasteiger partial charge in [-0.25, -0.2) is 13.2 Å². The van der Waals surface area contributed by atoms with E-state index in [4.69, 9.17) is 0 Å². The molecule has 0 aromatic heterocycles. The number of aromatic hydroxyl groups is 1. The van der Waals surface area contributed by atoms with Crippen LogP contribution in [0.5, 0.6) is 5.75 Å². The van der Waals surface area contributed by atoms with Crippen molar-refractivity contribution in [1.29, 1.82) is 0 Å². The highest BCUT2D eigenvalue weighted by atomic mass is 79.9. The Hall–Kier alpha value is -1.69. The highest BCUT2D eigenvalue weighted by molar-refractivity contribution is 9.10. The van der Waals surface area contributed by atoms with E-state index in [1.807, 2.05) is 0 Å². The van der Waals surface area contributed by atoms with Crippen LogP contribution in [0.15, 0.2) is 34.8 Å². The van der Waals surface area contributed by atoms with Crippen molar-refractivity contribution >= 4 is 27.3 Å². The summed E-state index contributed by atoms with van der Waals surface area (Å²) in [5.41, 5.74) is -0.533. The van der Waals surface area contributed by atoms with Crippen LogP contribution in [0.4, 0.5) is 24.5 Å². The third kappa shape index (κ3) is 2.53. The van der Waals surface area contributed by atoms with Crippen molar-refractivity contribution in [1.82, 2.24) is 0 Å². The fourth-order valence-corrected chi connectivity index (χ4v) is 2.05. The van der Waals surface area contributed by atoms with E-state index in [2.05, 4.69) is 15.9 Å². The molecule has 0 bridgehead atoms. The molecule has 0 aliphatic rings. The van der Waals surface area contributed by atoms with E-state index >= 15 is 0 Å². The van der Waals surface area contributed by atoms with Crippen LogP contribution in [0.25, 0.3) is 0 Å². The lowest BCUT2D eigenvalue weighted by atomic mass is 10.2. The molecule has 0 fully saturated rings. The lowest BCUT2D eigenvalue weighted by Gasteiger charge is -2.21. The van der Waals surface area contributed by atoms with Crippen LogP contribution in [-0.2, 0) is 0 Å². The summed E-state index contributed by atoms with van der Waals surface area (Å²) in [5, 5.41) is 9.27. The smallest absolute Gasteiger partial charge is 0.191 e. The number of hydrogen-bond acceptors (Lipinski definition) is 2. The maximum Gasteiger partial charge on any atom is 0.191 e. The van der Waals surface area contributed by atoms with E-state index in [0.29, 0.717) is 4.47 Å². The van der Waals surface area contributed by atoms with Crippen LogP contribution in [0.2, 0.25) is 0 Å². The Bertz CT molecular complexity index is 634. The second-order valence-electron chi connectivity index (χ2n) is 3.88. The summed E-state index contributed by atoms with van der Waals surface area (Å²) in [4.78, 5) is 1.00. The van der Waals surface area contributed by atoms with E-state index in [1.54, 1.807) is 0 Å². The molecule has 2 nitrogen and oxygen atoms in total. The molecule has 0 saturated carbocycles. The Balaban J connectivity index is 2.59. The standard InChI is InChI=1S/C13H9BrF3NO/c1-18(10-6-7(14)2-3-8(10)15)13-9(16)4-5-11(19)12(13)17/h2-6,19H,1H3. The first-order valence-corrected chi connectivity index (χ1v) is 6.07. The van der Waals surface area contributed by atoms with Crippen molar-refractivity contribution in [2.45, 2.75) is 0 Å². The van der Waals surface area contributed by atoms with Crippen molar-refractivity contribution < 1.29 is 18.3 Å². The van der Waals surface area contributed by atoms with Gasteiger partial charge in [0, 0.05) is 11.5 Å². The molecule has 2 aromatic rings. The van der Waals surface area contributed by atoms with Gasteiger partial charge in [-0.3, -0.25) is 0 Å². The van der Waals surface area contributed by atoms with E-state index in [9.17, 15) is 18.3 Å². The van der Waals surface area contributed by atoms with E-state index in [1.165, 1.54) is 25.2 Å². The van der Waals surface area contributed by atoms with Gasteiger partial charge in [-0.15, -0.1) is 0 Å². The first-order valence-electron chi connectivity index (χ1n) is 5.27. The third-order valence-electron chi connectivity index (χ3n) is 2.65. The lowest BCUT2D eigenvalue weighted by Crippen LogP contribution is -2.14. The van der Waals surface area contributed by atoms with Gasteiger partial charge < -0.3 is 10.0 Å². The number of halogens is 4. The summed E-state index contributed by atoms with van der Waals surface area (Å²) < 4.78 is 41.7. The number of phenolic OH excluding ortho intramolecular Hbond substituents is 1. The average Bonchev–Trinajstić information content (AvgIpc) is 2.37. The molecule has 0 amide bonds. The summed E-state index contributed by atoms with van der Waals surface area (Å²) in [7, 11) is 1.31. The van der Waals surface area contributed by atoms with Crippen LogP contribution in [0.3, 0.4) is 0 Å². The predicted molar refractivity (Wildman–Crippen MR) is 70.2 cm³/mol. The summed E-state index contributed by atoms with van der Waals surface area (Å²) in [5.74, 6) is -3.36. The summed E-state index contributed by atoms with van der Waals surface area (Å²) in [6, 6.07) is 5.86.